The minimum absolute atomic E-state index is 0.0233. The highest BCUT2D eigenvalue weighted by Gasteiger charge is 2.14. The fraction of sp³-hybridized carbons (Fsp3) is 0.0870. The summed E-state index contributed by atoms with van der Waals surface area (Å²) in [7, 11) is 1.48. The van der Waals surface area contributed by atoms with Gasteiger partial charge in [0.1, 0.15) is 18.2 Å². The van der Waals surface area contributed by atoms with E-state index in [-0.39, 0.29) is 23.6 Å². The number of allylic oxidation sites excluding steroid dienone is 1. The van der Waals surface area contributed by atoms with Crippen molar-refractivity contribution in [1.29, 1.82) is 5.26 Å². The number of methoxy groups -OCH3 is 1. The number of ether oxygens (including phenoxy) is 2. The molecule has 3 rings (SSSR count). The lowest BCUT2D eigenvalue weighted by Crippen LogP contribution is -2.01. The van der Waals surface area contributed by atoms with E-state index in [1.54, 1.807) is 54.6 Å². The lowest BCUT2D eigenvalue weighted by molar-refractivity contribution is 0.278. The molecule has 0 heterocycles. The Morgan fingerprint density at radius 1 is 1.07 bits per heavy atom. The average Bonchev–Trinajstić information content (AvgIpc) is 2.72. The summed E-state index contributed by atoms with van der Waals surface area (Å²) in [6.07, 6.45) is 1.56. The summed E-state index contributed by atoms with van der Waals surface area (Å²) in [6, 6.07) is 17.8. The normalized spacial score (nSPS) is 11.1. The molecule has 0 aliphatic carbocycles. The molecule has 0 aliphatic rings. The van der Waals surface area contributed by atoms with Crippen molar-refractivity contribution in [1.82, 2.24) is 0 Å². The Morgan fingerprint density at radius 3 is 2.41 bits per heavy atom. The summed E-state index contributed by atoms with van der Waals surface area (Å²) in [6.45, 7) is 0.0233. The molecular formula is C23H16BrF2NO2. The fourth-order valence-electron chi connectivity index (χ4n) is 2.75. The predicted molar refractivity (Wildman–Crippen MR) is 111 cm³/mol. The zero-order valence-electron chi connectivity index (χ0n) is 15.5. The summed E-state index contributed by atoms with van der Waals surface area (Å²) in [5.41, 5.74) is 1.42. The van der Waals surface area contributed by atoms with Gasteiger partial charge in [-0.05, 0) is 51.8 Å². The van der Waals surface area contributed by atoms with Gasteiger partial charge in [0.05, 0.1) is 23.2 Å². The monoisotopic (exact) mass is 455 g/mol. The van der Waals surface area contributed by atoms with Crippen molar-refractivity contribution in [2.75, 3.05) is 7.11 Å². The van der Waals surface area contributed by atoms with E-state index in [9.17, 15) is 14.0 Å². The second-order valence-electron chi connectivity index (χ2n) is 6.06. The van der Waals surface area contributed by atoms with E-state index < -0.39 is 5.82 Å². The molecule has 0 radical (unpaired) electrons. The van der Waals surface area contributed by atoms with Crippen molar-refractivity contribution >= 4 is 27.6 Å². The number of hydrogen-bond acceptors (Lipinski definition) is 3. The second kappa shape index (κ2) is 9.35. The molecule has 0 saturated heterocycles. The third-order valence-electron chi connectivity index (χ3n) is 4.18. The van der Waals surface area contributed by atoms with E-state index in [0.717, 1.165) is 0 Å². The van der Waals surface area contributed by atoms with Crippen molar-refractivity contribution in [2.45, 2.75) is 6.61 Å². The van der Waals surface area contributed by atoms with E-state index >= 15 is 0 Å². The Hall–Kier alpha value is -3.17. The van der Waals surface area contributed by atoms with Gasteiger partial charge in [-0.3, -0.25) is 0 Å². The van der Waals surface area contributed by atoms with Crippen LogP contribution in [0.5, 0.6) is 11.5 Å². The van der Waals surface area contributed by atoms with Gasteiger partial charge >= 0.3 is 0 Å². The highest BCUT2D eigenvalue weighted by Crippen LogP contribution is 2.38. The van der Waals surface area contributed by atoms with Gasteiger partial charge in [0.15, 0.2) is 11.5 Å². The summed E-state index contributed by atoms with van der Waals surface area (Å²) >= 11 is 3.43. The molecule has 0 unspecified atom stereocenters. The zero-order chi connectivity index (χ0) is 20.8. The van der Waals surface area contributed by atoms with Crippen LogP contribution in [0.1, 0.15) is 16.7 Å². The highest BCUT2D eigenvalue weighted by molar-refractivity contribution is 9.10. The maximum atomic E-state index is 14.0. The van der Waals surface area contributed by atoms with Crippen molar-refractivity contribution in [3.63, 3.8) is 0 Å². The smallest absolute Gasteiger partial charge is 0.175 e. The van der Waals surface area contributed by atoms with Gasteiger partial charge in [0.25, 0.3) is 0 Å². The Labute approximate surface area is 175 Å². The Bertz CT molecular complexity index is 1110. The molecule has 0 spiro atoms. The van der Waals surface area contributed by atoms with Gasteiger partial charge in [-0.15, -0.1) is 0 Å². The predicted octanol–water partition coefficient (Wildman–Crippen LogP) is 6.38. The van der Waals surface area contributed by atoms with Crippen molar-refractivity contribution in [3.8, 4) is 17.6 Å². The SMILES string of the molecule is COc1cc(/C=C(/C#N)c2ccccc2F)cc(Br)c1OCc1ccccc1F. The average molecular weight is 456 g/mol. The van der Waals surface area contributed by atoms with Gasteiger partial charge < -0.3 is 9.47 Å². The number of nitriles is 1. The van der Waals surface area contributed by atoms with Crippen LogP contribution in [-0.4, -0.2) is 7.11 Å². The largest absolute Gasteiger partial charge is 0.493 e. The van der Waals surface area contributed by atoms with Crippen LogP contribution < -0.4 is 9.47 Å². The van der Waals surface area contributed by atoms with Crippen LogP contribution in [-0.2, 0) is 6.61 Å². The van der Waals surface area contributed by atoms with Crippen LogP contribution in [0.3, 0.4) is 0 Å². The van der Waals surface area contributed by atoms with Gasteiger partial charge in [-0.2, -0.15) is 5.26 Å². The number of benzene rings is 3. The van der Waals surface area contributed by atoms with Crippen LogP contribution in [0, 0.1) is 23.0 Å². The first-order chi connectivity index (χ1) is 14.0. The van der Waals surface area contributed by atoms with Gasteiger partial charge in [0, 0.05) is 11.1 Å². The molecule has 0 atom stereocenters. The summed E-state index contributed by atoms with van der Waals surface area (Å²) in [5, 5.41) is 9.46. The van der Waals surface area contributed by atoms with Crippen LogP contribution >= 0.6 is 15.9 Å². The molecule has 0 aromatic heterocycles. The van der Waals surface area contributed by atoms with Gasteiger partial charge in [0.2, 0.25) is 0 Å². The number of nitrogens with zero attached hydrogens (tertiary/aromatic N) is 1. The topological polar surface area (TPSA) is 42.2 Å². The maximum Gasteiger partial charge on any atom is 0.175 e. The third kappa shape index (κ3) is 4.82. The maximum absolute atomic E-state index is 14.0. The van der Waals surface area contributed by atoms with Crippen molar-refractivity contribution in [2.24, 2.45) is 0 Å². The zero-order valence-corrected chi connectivity index (χ0v) is 17.0. The van der Waals surface area contributed by atoms with E-state index in [2.05, 4.69) is 15.9 Å². The van der Waals surface area contributed by atoms with Crippen LogP contribution in [0.25, 0.3) is 11.6 Å². The molecule has 0 fully saturated rings. The van der Waals surface area contributed by atoms with Gasteiger partial charge in [-0.25, -0.2) is 8.78 Å². The minimum atomic E-state index is -0.476. The van der Waals surface area contributed by atoms with Crippen LogP contribution in [0.4, 0.5) is 8.78 Å². The van der Waals surface area contributed by atoms with E-state index in [0.29, 0.717) is 27.1 Å². The molecule has 0 N–H and O–H groups in total. The molecular weight excluding hydrogens is 440 g/mol. The first-order valence-electron chi connectivity index (χ1n) is 8.64. The van der Waals surface area contributed by atoms with Crippen LogP contribution in [0.15, 0.2) is 65.1 Å². The molecule has 0 amide bonds. The van der Waals surface area contributed by atoms with E-state index in [1.807, 2.05) is 6.07 Å². The Morgan fingerprint density at radius 2 is 1.76 bits per heavy atom. The molecule has 3 aromatic rings. The number of hydrogen-bond donors (Lipinski definition) is 0. The Balaban J connectivity index is 1.93. The Kier molecular flexibility index (Phi) is 6.63. The highest BCUT2D eigenvalue weighted by atomic mass is 79.9. The van der Waals surface area contributed by atoms with E-state index in [4.69, 9.17) is 9.47 Å². The molecule has 6 heteroatoms. The molecule has 0 saturated carbocycles. The third-order valence-corrected chi connectivity index (χ3v) is 4.77. The number of rotatable bonds is 6. The molecule has 3 nitrogen and oxygen atoms in total. The molecule has 0 aliphatic heterocycles. The standard InChI is InChI=1S/C23H16BrF2NO2/c1-28-22-12-15(10-17(13-27)18-7-3-5-9-21(18)26)11-19(24)23(22)29-14-16-6-2-4-8-20(16)25/h2-12H,14H2,1H3/b17-10-. The van der Waals surface area contributed by atoms with Gasteiger partial charge in [-0.1, -0.05) is 36.4 Å². The second-order valence-corrected chi connectivity index (χ2v) is 6.92. The lowest BCUT2D eigenvalue weighted by atomic mass is 10.0. The van der Waals surface area contributed by atoms with Crippen molar-refractivity contribution in [3.05, 3.63) is 93.5 Å². The minimum Gasteiger partial charge on any atom is -0.493 e. The summed E-state index contributed by atoms with van der Waals surface area (Å²) in [5.74, 6) is -0.0352. The van der Waals surface area contributed by atoms with Crippen molar-refractivity contribution < 1.29 is 18.3 Å². The number of halogens is 3. The molecule has 146 valence electrons. The molecule has 0 bridgehead atoms. The lowest BCUT2D eigenvalue weighted by Gasteiger charge is -2.14. The quantitative estimate of drug-likeness (QED) is 0.319. The molecule has 3 aromatic carbocycles. The van der Waals surface area contributed by atoms with E-state index in [1.165, 1.54) is 19.2 Å². The fourth-order valence-corrected chi connectivity index (χ4v) is 3.32. The van der Waals surface area contributed by atoms with Crippen LogP contribution in [0.2, 0.25) is 0 Å². The summed E-state index contributed by atoms with van der Waals surface area (Å²) < 4.78 is 39.6. The first-order valence-corrected chi connectivity index (χ1v) is 9.43. The molecule has 29 heavy (non-hydrogen) atoms. The summed E-state index contributed by atoms with van der Waals surface area (Å²) in [4.78, 5) is 0. The first kappa shape index (κ1) is 20.6.